The highest BCUT2D eigenvalue weighted by molar-refractivity contribution is 6.01. The number of β-lactam (4-membered cyclic amide) rings is 1. The molecule has 112 valence electrons. The Hall–Kier alpha value is -2.87. The average molecular weight is 299 g/mol. The van der Waals surface area contributed by atoms with Crippen molar-refractivity contribution in [3.63, 3.8) is 0 Å². The largest absolute Gasteiger partial charge is 0.304 e. The van der Waals surface area contributed by atoms with Crippen molar-refractivity contribution in [1.82, 2.24) is 0 Å². The summed E-state index contributed by atoms with van der Waals surface area (Å²) in [4.78, 5) is 14.1. The Kier molecular flexibility index (Phi) is 3.43. The van der Waals surface area contributed by atoms with E-state index >= 15 is 0 Å². The third-order valence-corrected chi connectivity index (χ3v) is 4.39. The summed E-state index contributed by atoms with van der Waals surface area (Å²) in [6.45, 7) is 0. The van der Waals surface area contributed by atoms with Crippen molar-refractivity contribution in [2.75, 3.05) is 4.90 Å². The lowest BCUT2D eigenvalue weighted by Gasteiger charge is -2.41. The van der Waals surface area contributed by atoms with Crippen LogP contribution in [0.25, 0.3) is 11.1 Å². The molecule has 3 aromatic rings. The van der Waals surface area contributed by atoms with E-state index in [0.29, 0.717) is 6.42 Å². The molecule has 0 N–H and O–H groups in total. The summed E-state index contributed by atoms with van der Waals surface area (Å²) in [6, 6.07) is 28.8. The van der Waals surface area contributed by atoms with Gasteiger partial charge in [-0.05, 0) is 28.8 Å². The fourth-order valence-electron chi connectivity index (χ4n) is 3.25. The molecule has 1 aliphatic rings. The quantitative estimate of drug-likeness (QED) is 0.634. The van der Waals surface area contributed by atoms with Gasteiger partial charge in [0.05, 0.1) is 12.5 Å². The summed E-state index contributed by atoms with van der Waals surface area (Å²) in [5.41, 5.74) is 4.57. The van der Waals surface area contributed by atoms with E-state index in [-0.39, 0.29) is 11.9 Å². The van der Waals surface area contributed by atoms with Crippen LogP contribution in [0.15, 0.2) is 84.9 Å². The number of carbonyl (C=O) groups is 1. The predicted octanol–water partition coefficient (Wildman–Crippen LogP) is 4.83. The SMILES string of the molecule is O=C1CC(c2ccccc2-c2ccccc2)N1c1ccccc1. The molecule has 2 nitrogen and oxygen atoms in total. The monoisotopic (exact) mass is 299 g/mol. The van der Waals surface area contributed by atoms with Gasteiger partial charge in [-0.25, -0.2) is 0 Å². The molecule has 1 unspecified atom stereocenters. The first-order chi connectivity index (χ1) is 11.3. The van der Waals surface area contributed by atoms with Crippen LogP contribution in [0, 0.1) is 0 Å². The summed E-state index contributed by atoms with van der Waals surface area (Å²) < 4.78 is 0. The van der Waals surface area contributed by atoms with Gasteiger partial charge in [-0.15, -0.1) is 0 Å². The first-order valence-electron chi connectivity index (χ1n) is 7.86. The van der Waals surface area contributed by atoms with E-state index in [0.717, 1.165) is 5.69 Å². The number of benzene rings is 3. The smallest absolute Gasteiger partial charge is 0.230 e. The molecule has 0 radical (unpaired) electrons. The molecule has 1 atom stereocenters. The molecule has 1 heterocycles. The van der Waals surface area contributed by atoms with Crippen molar-refractivity contribution in [1.29, 1.82) is 0 Å². The number of anilines is 1. The van der Waals surface area contributed by atoms with Crippen molar-refractivity contribution in [2.24, 2.45) is 0 Å². The van der Waals surface area contributed by atoms with Crippen molar-refractivity contribution < 1.29 is 4.79 Å². The molecule has 0 spiro atoms. The second-order valence-electron chi connectivity index (χ2n) is 5.77. The van der Waals surface area contributed by atoms with Crippen LogP contribution in [0.3, 0.4) is 0 Å². The molecule has 0 bridgehead atoms. The zero-order valence-electron chi connectivity index (χ0n) is 12.7. The topological polar surface area (TPSA) is 20.3 Å². The Labute approximate surface area is 136 Å². The van der Waals surface area contributed by atoms with Crippen LogP contribution in [0.2, 0.25) is 0 Å². The van der Waals surface area contributed by atoms with Gasteiger partial charge in [-0.1, -0.05) is 72.8 Å². The highest BCUT2D eigenvalue weighted by atomic mass is 16.2. The molecule has 1 fully saturated rings. The second kappa shape index (κ2) is 5.73. The van der Waals surface area contributed by atoms with Gasteiger partial charge in [-0.3, -0.25) is 4.79 Å². The van der Waals surface area contributed by atoms with Gasteiger partial charge in [0.1, 0.15) is 0 Å². The Bertz CT molecular complexity index is 827. The molecule has 1 amide bonds. The van der Waals surface area contributed by atoms with E-state index in [4.69, 9.17) is 0 Å². The molecule has 3 aromatic carbocycles. The van der Waals surface area contributed by atoms with Crippen LogP contribution >= 0.6 is 0 Å². The first-order valence-corrected chi connectivity index (χ1v) is 7.86. The van der Waals surface area contributed by atoms with Crippen molar-refractivity contribution in [3.05, 3.63) is 90.5 Å². The van der Waals surface area contributed by atoms with E-state index in [2.05, 4.69) is 30.3 Å². The Morgan fingerprint density at radius 1 is 0.739 bits per heavy atom. The van der Waals surface area contributed by atoms with E-state index in [1.807, 2.05) is 59.5 Å². The van der Waals surface area contributed by atoms with E-state index in [1.165, 1.54) is 16.7 Å². The molecular formula is C21H17NO. The van der Waals surface area contributed by atoms with Crippen molar-refractivity contribution in [2.45, 2.75) is 12.5 Å². The lowest BCUT2D eigenvalue weighted by atomic mass is 9.87. The van der Waals surface area contributed by atoms with Crippen molar-refractivity contribution >= 4 is 11.6 Å². The fraction of sp³-hybridized carbons (Fsp3) is 0.0952. The molecule has 1 aliphatic heterocycles. The maximum Gasteiger partial charge on any atom is 0.230 e. The van der Waals surface area contributed by atoms with Crippen LogP contribution in [-0.4, -0.2) is 5.91 Å². The molecule has 23 heavy (non-hydrogen) atoms. The first kappa shape index (κ1) is 13.8. The van der Waals surface area contributed by atoms with Crippen LogP contribution in [0.4, 0.5) is 5.69 Å². The number of rotatable bonds is 3. The summed E-state index contributed by atoms with van der Waals surface area (Å²) in [5.74, 6) is 0.184. The number of hydrogen-bond donors (Lipinski definition) is 0. The molecule has 0 aliphatic carbocycles. The maximum absolute atomic E-state index is 12.2. The Morgan fingerprint density at radius 3 is 2.04 bits per heavy atom. The van der Waals surface area contributed by atoms with E-state index < -0.39 is 0 Å². The van der Waals surface area contributed by atoms with E-state index in [1.54, 1.807) is 0 Å². The Balaban J connectivity index is 1.76. The zero-order valence-corrected chi connectivity index (χ0v) is 12.7. The lowest BCUT2D eigenvalue weighted by molar-refractivity contribution is -0.124. The summed E-state index contributed by atoms with van der Waals surface area (Å²) in [6.07, 6.45) is 0.568. The third kappa shape index (κ3) is 2.42. The van der Waals surface area contributed by atoms with E-state index in [9.17, 15) is 4.79 Å². The minimum absolute atomic E-state index is 0.112. The number of carbonyl (C=O) groups excluding carboxylic acids is 1. The van der Waals surface area contributed by atoms with Crippen LogP contribution in [-0.2, 0) is 4.79 Å². The van der Waals surface area contributed by atoms with Gasteiger partial charge < -0.3 is 4.90 Å². The summed E-state index contributed by atoms with van der Waals surface area (Å²) in [7, 11) is 0. The van der Waals surface area contributed by atoms with Gasteiger partial charge in [0.15, 0.2) is 0 Å². The van der Waals surface area contributed by atoms with Gasteiger partial charge in [0, 0.05) is 5.69 Å². The van der Waals surface area contributed by atoms with Gasteiger partial charge in [0.25, 0.3) is 0 Å². The van der Waals surface area contributed by atoms with Gasteiger partial charge >= 0.3 is 0 Å². The standard InChI is InChI=1S/C21H17NO/c23-21-15-20(22(21)17-11-5-2-6-12-17)19-14-8-7-13-18(19)16-9-3-1-4-10-16/h1-14,20H,15H2. The average Bonchev–Trinajstić information content (AvgIpc) is 2.61. The number of hydrogen-bond acceptors (Lipinski definition) is 1. The Morgan fingerprint density at radius 2 is 1.35 bits per heavy atom. The maximum atomic E-state index is 12.2. The van der Waals surface area contributed by atoms with Crippen LogP contribution in [0.5, 0.6) is 0 Å². The number of nitrogens with zero attached hydrogens (tertiary/aromatic N) is 1. The minimum Gasteiger partial charge on any atom is -0.304 e. The fourth-order valence-corrected chi connectivity index (χ4v) is 3.25. The number of para-hydroxylation sites is 1. The molecule has 0 saturated carbocycles. The lowest BCUT2D eigenvalue weighted by Crippen LogP contribution is -2.46. The normalized spacial score (nSPS) is 17.0. The molecule has 0 aromatic heterocycles. The van der Waals surface area contributed by atoms with Crippen molar-refractivity contribution in [3.8, 4) is 11.1 Å². The molecular weight excluding hydrogens is 282 g/mol. The molecule has 1 saturated heterocycles. The highest BCUT2D eigenvalue weighted by Gasteiger charge is 2.39. The second-order valence-corrected chi connectivity index (χ2v) is 5.77. The summed E-state index contributed by atoms with van der Waals surface area (Å²) in [5, 5.41) is 0. The van der Waals surface area contributed by atoms with Gasteiger partial charge in [-0.2, -0.15) is 0 Å². The zero-order chi connectivity index (χ0) is 15.6. The number of amides is 1. The summed E-state index contributed by atoms with van der Waals surface area (Å²) >= 11 is 0. The van der Waals surface area contributed by atoms with Crippen LogP contribution in [0.1, 0.15) is 18.0 Å². The minimum atomic E-state index is 0.112. The third-order valence-electron chi connectivity index (χ3n) is 4.39. The molecule has 4 rings (SSSR count). The molecule has 2 heteroatoms. The van der Waals surface area contributed by atoms with Gasteiger partial charge in [0.2, 0.25) is 5.91 Å². The highest BCUT2D eigenvalue weighted by Crippen LogP contribution is 2.42. The van der Waals surface area contributed by atoms with Crippen LogP contribution < -0.4 is 4.90 Å². The predicted molar refractivity (Wildman–Crippen MR) is 93.2 cm³/mol.